The van der Waals surface area contributed by atoms with Crippen LogP contribution in [0.1, 0.15) is 47.5 Å². The third-order valence-corrected chi connectivity index (χ3v) is 4.56. The van der Waals surface area contributed by atoms with Gasteiger partial charge in [-0.15, -0.1) is 0 Å². The number of carboxylic acid groups (broad SMARTS) is 1. The molecule has 154 valence electrons. The van der Waals surface area contributed by atoms with Crippen molar-refractivity contribution in [3.05, 3.63) is 0 Å². The molecule has 0 saturated carbocycles. The van der Waals surface area contributed by atoms with Crippen LogP contribution in [0.15, 0.2) is 0 Å². The number of aliphatic hydroxyl groups excluding tert-OH is 1. The number of hydrogen-bond acceptors (Lipinski definition) is 5. The number of nitrogens with zero attached hydrogens (tertiary/aromatic N) is 1. The van der Waals surface area contributed by atoms with Crippen LogP contribution in [0.4, 0.5) is 0 Å². The molecule has 9 heteroatoms. The van der Waals surface area contributed by atoms with Gasteiger partial charge in [0, 0.05) is 19.9 Å². The number of β-amino-alcohol motifs (C(OH)–C–C–N with tert-alkyl or cyclic N) is 1. The largest absolute Gasteiger partial charge is 0.480 e. The molecule has 0 aromatic rings. The van der Waals surface area contributed by atoms with E-state index in [4.69, 9.17) is 0 Å². The monoisotopic (exact) mass is 385 g/mol. The summed E-state index contributed by atoms with van der Waals surface area (Å²) in [6.07, 6.45) is -0.373. The van der Waals surface area contributed by atoms with Gasteiger partial charge in [0.05, 0.1) is 6.10 Å². The molecule has 1 aliphatic rings. The van der Waals surface area contributed by atoms with E-state index in [1.54, 1.807) is 13.8 Å². The average molecular weight is 385 g/mol. The van der Waals surface area contributed by atoms with Crippen molar-refractivity contribution in [2.45, 2.75) is 71.7 Å². The van der Waals surface area contributed by atoms with E-state index >= 15 is 0 Å². The summed E-state index contributed by atoms with van der Waals surface area (Å²) in [4.78, 5) is 49.6. The topological polar surface area (TPSA) is 136 Å². The first kappa shape index (κ1) is 22.9. The first-order valence-electron chi connectivity index (χ1n) is 9.22. The lowest BCUT2D eigenvalue weighted by molar-refractivity contribution is -0.144. The van der Waals surface area contributed by atoms with Gasteiger partial charge in [-0.1, -0.05) is 27.7 Å². The molecule has 0 aromatic heterocycles. The van der Waals surface area contributed by atoms with Crippen LogP contribution < -0.4 is 10.6 Å². The number of amides is 3. The fraction of sp³-hybridized carbons (Fsp3) is 0.778. The van der Waals surface area contributed by atoms with Gasteiger partial charge in [0.1, 0.15) is 18.1 Å². The van der Waals surface area contributed by atoms with Gasteiger partial charge in [-0.25, -0.2) is 4.79 Å². The van der Waals surface area contributed by atoms with Gasteiger partial charge in [-0.05, 0) is 18.3 Å². The average Bonchev–Trinajstić information content (AvgIpc) is 2.92. The first-order chi connectivity index (χ1) is 12.4. The summed E-state index contributed by atoms with van der Waals surface area (Å²) in [5, 5.41) is 24.1. The van der Waals surface area contributed by atoms with Gasteiger partial charge in [0.25, 0.3) is 0 Å². The number of nitrogens with one attached hydrogen (secondary N) is 2. The predicted molar refractivity (Wildman–Crippen MR) is 97.6 cm³/mol. The maximum atomic E-state index is 12.6. The lowest BCUT2D eigenvalue weighted by Crippen LogP contribution is -2.56. The number of aliphatic hydroxyl groups is 1. The molecule has 0 radical (unpaired) electrons. The third-order valence-electron chi connectivity index (χ3n) is 4.56. The summed E-state index contributed by atoms with van der Waals surface area (Å²) in [6, 6.07) is -2.84. The number of likely N-dealkylation sites (tertiary alicyclic amines) is 1. The molecule has 4 N–H and O–H groups in total. The molecule has 0 aromatic carbocycles. The molecule has 3 amide bonds. The molecule has 0 aliphatic carbocycles. The fourth-order valence-corrected chi connectivity index (χ4v) is 3.15. The van der Waals surface area contributed by atoms with Gasteiger partial charge in [-0.2, -0.15) is 0 Å². The van der Waals surface area contributed by atoms with E-state index < -0.39 is 42.0 Å². The molecular weight excluding hydrogens is 354 g/mol. The second kappa shape index (κ2) is 9.68. The Morgan fingerprint density at radius 2 is 1.70 bits per heavy atom. The van der Waals surface area contributed by atoms with Crippen molar-refractivity contribution < 1.29 is 29.4 Å². The molecule has 0 unspecified atom stereocenters. The minimum Gasteiger partial charge on any atom is -0.480 e. The lowest BCUT2D eigenvalue weighted by Gasteiger charge is -2.27. The lowest BCUT2D eigenvalue weighted by atomic mass is 10.00. The van der Waals surface area contributed by atoms with Crippen LogP contribution in [-0.4, -0.2) is 69.6 Å². The van der Waals surface area contributed by atoms with Crippen molar-refractivity contribution in [2.75, 3.05) is 6.54 Å². The Labute approximate surface area is 159 Å². The van der Waals surface area contributed by atoms with E-state index in [-0.39, 0.29) is 30.7 Å². The quantitative estimate of drug-likeness (QED) is 0.454. The minimum atomic E-state index is -1.14. The van der Waals surface area contributed by atoms with Crippen LogP contribution >= 0.6 is 0 Å². The Morgan fingerprint density at radius 1 is 1.11 bits per heavy atom. The van der Waals surface area contributed by atoms with Crippen LogP contribution in [0.5, 0.6) is 0 Å². The summed E-state index contributed by atoms with van der Waals surface area (Å²) >= 11 is 0. The highest BCUT2D eigenvalue weighted by Gasteiger charge is 2.39. The SMILES string of the molecule is CC(=O)N1C[C@H](O)C[C@H]1C(=O)N[C@@H](CC(C)C)C(=O)N[C@H](C(=O)O)C(C)C. The Balaban J connectivity index is 2.90. The smallest absolute Gasteiger partial charge is 0.326 e. The van der Waals surface area contributed by atoms with E-state index in [2.05, 4.69) is 10.6 Å². The summed E-state index contributed by atoms with van der Waals surface area (Å²) in [5.41, 5.74) is 0. The number of carbonyl (C=O) groups is 4. The summed E-state index contributed by atoms with van der Waals surface area (Å²) in [7, 11) is 0. The van der Waals surface area contributed by atoms with E-state index in [0.717, 1.165) is 0 Å². The zero-order valence-electron chi connectivity index (χ0n) is 16.6. The first-order valence-corrected chi connectivity index (χ1v) is 9.22. The van der Waals surface area contributed by atoms with Gasteiger partial charge in [0.2, 0.25) is 17.7 Å². The normalized spacial score (nSPS) is 21.9. The molecule has 4 atom stereocenters. The van der Waals surface area contributed by atoms with Gasteiger partial charge in [-0.3, -0.25) is 14.4 Å². The van der Waals surface area contributed by atoms with Gasteiger partial charge >= 0.3 is 5.97 Å². The van der Waals surface area contributed by atoms with E-state index in [0.29, 0.717) is 6.42 Å². The van der Waals surface area contributed by atoms with Crippen molar-refractivity contribution >= 4 is 23.7 Å². The zero-order chi connectivity index (χ0) is 20.9. The molecule has 9 nitrogen and oxygen atoms in total. The Kier molecular flexibility index (Phi) is 8.20. The molecular formula is C18H31N3O6. The van der Waals surface area contributed by atoms with Gasteiger partial charge < -0.3 is 25.7 Å². The molecule has 1 rings (SSSR count). The molecule has 1 saturated heterocycles. The van der Waals surface area contributed by atoms with Crippen LogP contribution in [0.25, 0.3) is 0 Å². The number of aliphatic carboxylic acids is 1. The zero-order valence-corrected chi connectivity index (χ0v) is 16.6. The number of rotatable bonds is 8. The molecule has 1 heterocycles. The van der Waals surface area contributed by atoms with Crippen LogP contribution in [0, 0.1) is 11.8 Å². The second-order valence-corrected chi connectivity index (χ2v) is 7.84. The Bertz CT molecular complexity index is 577. The minimum absolute atomic E-state index is 0.0708. The molecule has 1 fully saturated rings. The highest BCUT2D eigenvalue weighted by Crippen LogP contribution is 2.19. The van der Waals surface area contributed by atoms with Crippen LogP contribution in [0.2, 0.25) is 0 Å². The summed E-state index contributed by atoms with van der Waals surface area (Å²) < 4.78 is 0. The van der Waals surface area contributed by atoms with Crippen LogP contribution in [-0.2, 0) is 19.2 Å². The van der Waals surface area contributed by atoms with Crippen LogP contribution in [0.3, 0.4) is 0 Å². The highest BCUT2D eigenvalue weighted by molar-refractivity contribution is 5.93. The van der Waals surface area contributed by atoms with Crippen molar-refractivity contribution in [1.29, 1.82) is 0 Å². The number of hydrogen-bond donors (Lipinski definition) is 4. The van der Waals surface area contributed by atoms with Crippen molar-refractivity contribution in [1.82, 2.24) is 15.5 Å². The highest BCUT2D eigenvalue weighted by atomic mass is 16.4. The van der Waals surface area contributed by atoms with Crippen molar-refractivity contribution in [3.8, 4) is 0 Å². The van der Waals surface area contributed by atoms with Crippen molar-refractivity contribution in [3.63, 3.8) is 0 Å². The second-order valence-electron chi connectivity index (χ2n) is 7.84. The maximum Gasteiger partial charge on any atom is 0.326 e. The molecule has 27 heavy (non-hydrogen) atoms. The number of carbonyl (C=O) groups excluding carboxylic acids is 3. The van der Waals surface area contributed by atoms with E-state index in [9.17, 15) is 29.4 Å². The Hall–Kier alpha value is -2.16. The molecule has 0 spiro atoms. The third kappa shape index (κ3) is 6.50. The Morgan fingerprint density at radius 3 is 2.15 bits per heavy atom. The maximum absolute atomic E-state index is 12.6. The summed E-state index contributed by atoms with van der Waals surface area (Å²) in [6.45, 7) is 8.51. The molecule has 1 aliphatic heterocycles. The molecule has 0 bridgehead atoms. The van der Waals surface area contributed by atoms with E-state index in [1.807, 2.05) is 13.8 Å². The summed E-state index contributed by atoms with van der Waals surface area (Å²) in [5.74, 6) is -2.83. The van der Waals surface area contributed by atoms with Gasteiger partial charge in [0.15, 0.2) is 0 Å². The number of carboxylic acids is 1. The standard InChI is InChI=1S/C18H31N3O6/c1-9(2)6-13(16(24)20-15(10(3)4)18(26)27)19-17(25)14-7-12(23)8-21(14)11(5)22/h9-10,12-15,23H,6-8H2,1-5H3,(H,19,25)(H,20,24)(H,26,27)/t12-,13+,14+,15+/m1/s1. The van der Waals surface area contributed by atoms with E-state index in [1.165, 1.54) is 11.8 Å². The predicted octanol–water partition coefficient (Wildman–Crippen LogP) is -0.276. The van der Waals surface area contributed by atoms with Crippen molar-refractivity contribution in [2.24, 2.45) is 11.8 Å². The fourth-order valence-electron chi connectivity index (χ4n) is 3.15.